The monoisotopic (exact) mass is 1160 g/mol. The number of aliphatic hydroxyl groups excluding tert-OH is 5. The van der Waals surface area contributed by atoms with Crippen LogP contribution in [0.5, 0.6) is 17.2 Å². The molecular weight excluding hydrogens is 1100 g/mol. The number of alkyl carbamates (subject to hydrolysis) is 1. The number of halogens is 1. The summed E-state index contributed by atoms with van der Waals surface area (Å²) in [6.45, 7) is 6.44. The predicted molar refractivity (Wildman–Crippen MR) is 273 cm³/mol. The van der Waals surface area contributed by atoms with Crippen LogP contribution in [0.15, 0.2) is 39.5 Å². The number of carbonyl (C=O) groups excluding carboxylic acids is 3. The van der Waals surface area contributed by atoms with Crippen LogP contribution < -0.4 is 25.0 Å². The molecule has 21 nitrogen and oxygen atoms in total. The highest BCUT2D eigenvalue weighted by atomic mass is 79.9. The first-order valence-corrected chi connectivity index (χ1v) is 28.3. The Labute approximate surface area is 446 Å². The Kier molecular flexibility index (Phi) is 21.3. The van der Waals surface area contributed by atoms with Gasteiger partial charge in [-0.3, -0.25) is 19.7 Å². The van der Waals surface area contributed by atoms with Crippen LogP contribution in [0.1, 0.15) is 49.5 Å². The Bertz CT molecular complexity index is 2420. The number of rotatable bonds is 17. The largest absolute Gasteiger partial charge is 0.492 e. The second-order valence-electron chi connectivity index (χ2n) is 17.0. The zero-order chi connectivity index (χ0) is 53.5. The summed E-state index contributed by atoms with van der Waals surface area (Å²) in [6, 6.07) is -1.12. The van der Waals surface area contributed by atoms with E-state index in [0.29, 0.717) is 11.3 Å². The van der Waals surface area contributed by atoms with Crippen molar-refractivity contribution in [3.05, 3.63) is 50.7 Å². The van der Waals surface area contributed by atoms with Crippen LogP contribution in [-0.4, -0.2) is 185 Å². The number of carbonyl (C=O) groups is 3. The molecule has 3 aliphatic heterocycles. The molecule has 0 radical (unpaired) electrons. The fourth-order valence-corrected chi connectivity index (χ4v) is 12.7. The number of aliphatic hydroxyl groups is 6. The molecular formula is C47H59BrN2O19S4. The van der Waals surface area contributed by atoms with Gasteiger partial charge in [-0.1, -0.05) is 63.1 Å². The Balaban J connectivity index is 1.14. The van der Waals surface area contributed by atoms with Gasteiger partial charge in [0.25, 0.3) is 0 Å². The zero-order valence-corrected chi connectivity index (χ0v) is 45.9. The lowest BCUT2D eigenvalue weighted by molar-refractivity contribution is -0.301. The lowest BCUT2D eigenvalue weighted by atomic mass is 9.75. The van der Waals surface area contributed by atoms with Crippen molar-refractivity contribution in [2.75, 3.05) is 40.4 Å². The first kappa shape index (κ1) is 59.2. The third-order valence-electron chi connectivity index (χ3n) is 12.4. The van der Waals surface area contributed by atoms with Crippen molar-refractivity contribution in [1.82, 2.24) is 10.8 Å². The molecule has 0 spiro atoms. The van der Waals surface area contributed by atoms with Gasteiger partial charge in [-0.05, 0) is 77.4 Å². The van der Waals surface area contributed by atoms with Gasteiger partial charge in [-0.15, -0.1) is 0 Å². The minimum absolute atomic E-state index is 0.000168. The van der Waals surface area contributed by atoms with Crippen LogP contribution in [0.25, 0.3) is 0 Å². The Hall–Kier alpha value is -3.07. The molecule has 1 aromatic rings. The number of ether oxygens (including phenoxy) is 9. The van der Waals surface area contributed by atoms with Gasteiger partial charge in [0, 0.05) is 30.4 Å². The summed E-state index contributed by atoms with van der Waals surface area (Å²) in [5, 5.41) is 68.9. The number of methoxy groups -OCH3 is 4. The highest BCUT2D eigenvalue weighted by molar-refractivity contribution is 9.10. The standard InChI is InChI=1S/C47H59BrN2O19S4/c1-20-29(38(60-5)41(62-7)39(31(20)48)68-45-37(56)40(61-6)34(53)22(3)66-45)43(57)72-42-23(4)64-28(18-25(42)51)69-50-32-21(2)65-44(36(55)35(32)54)67-27-14-12-10-11-13-16-47(59)19-26(52)33(49-46(58)63-8)30(27)24(47)15-17-71-73-70-9/h10-11,15,21-23,25,27-28,32,34-37,40,42,44-45,50-51,53-56,59H,17-19H2,1-9H3,(H,49,58)/b11-10-,24-15-/t21-,22+,23-,25+,27+,28+,32?,34+,35+,36-,37-,40-,42-,44+,45+,47+/m1/s1. The average molecular weight is 1160 g/mol. The molecule has 3 heterocycles. The van der Waals surface area contributed by atoms with Crippen LogP contribution >= 0.6 is 59.1 Å². The molecule has 0 saturated carbocycles. The molecule has 402 valence electrons. The van der Waals surface area contributed by atoms with Gasteiger partial charge in [0.05, 0.1) is 79.2 Å². The Morgan fingerprint density at radius 3 is 2.27 bits per heavy atom. The van der Waals surface area contributed by atoms with Crippen LogP contribution in [0.3, 0.4) is 0 Å². The van der Waals surface area contributed by atoms with E-state index in [2.05, 4.69) is 50.4 Å². The third-order valence-corrected chi connectivity index (χ3v) is 18.4. The second-order valence-corrected chi connectivity index (χ2v) is 23.3. The van der Waals surface area contributed by atoms with Crippen LogP contribution in [0.4, 0.5) is 4.79 Å². The number of hydroxylamine groups is 1. The minimum atomic E-state index is -2.03. The second kappa shape index (κ2) is 26.3. The topological polar surface area (TPSA) is 289 Å². The number of amides is 1. The van der Waals surface area contributed by atoms with E-state index < -0.39 is 120 Å². The van der Waals surface area contributed by atoms with Crippen molar-refractivity contribution in [3.8, 4) is 40.9 Å². The van der Waals surface area contributed by atoms with Gasteiger partial charge in [-0.2, -0.15) is 5.48 Å². The average Bonchev–Trinajstić information content (AvgIpc) is 3.35. The van der Waals surface area contributed by atoms with Gasteiger partial charge in [0.15, 0.2) is 35.5 Å². The normalized spacial score (nSPS) is 35.2. The summed E-state index contributed by atoms with van der Waals surface area (Å²) in [7, 11) is 9.56. The van der Waals surface area contributed by atoms with Gasteiger partial charge in [-0.25, -0.2) is 4.79 Å². The lowest BCUT2D eigenvalue weighted by Gasteiger charge is -2.44. The van der Waals surface area contributed by atoms with Gasteiger partial charge >= 0.3 is 6.09 Å². The van der Waals surface area contributed by atoms with E-state index in [1.54, 1.807) is 33.8 Å². The number of thioether (sulfide) groups is 1. The number of fused-ring (bicyclic) bond motifs is 2. The molecule has 26 heteroatoms. The number of benzene rings is 1. The number of nitrogens with one attached hydrogen (secondary N) is 2. The van der Waals surface area contributed by atoms with Crippen LogP contribution in [0, 0.1) is 30.6 Å². The zero-order valence-electron chi connectivity index (χ0n) is 41.0. The van der Waals surface area contributed by atoms with Crippen LogP contribution in [-0.2, 0) is 38.1 Å². The molecule has 0 aromatic heterocycles. The first-order chi connectivity index (χ1) is 34.7. The molecule has 2 bridgehead atoms. The first-order valence-electron chi connectivity index (χ1n) is 22.6. The number of allylic oxidation sites excluding steroid dienone is 3. The SMILES string of the molecule is COC(=O)NC1=C2/C(=C/CSSSC)[C@](O)(C#C/C=C\C#C[C@@H]2O[C@@H]2O[C@H](C)C(NO[C@H]3C[C@H](O)[C@H](SC(=O)c4c(C)c(Br)c(O[C@@H]5O[C@@H](C)[C@H](O)[C@@H](OC)[C@H]5O)c(OC)c4OC)[C@@H](C)O3)[C@H](O)[C@H]2O)CC1=O. The quantitative estimate of drug-likeness (QED) is 0.0482. The molecule has 2 aliphatic carbocycles. The lowest BCUT2D eigenvalue weighted by Crippen LogP contribution is -2.63. The maximum absolute atomic E-state index is 14.2. The number of Topliss-reactive ketones (excluding diaryl/α,β-unsaturated/α-hetero) is 1. The van der Waals surface area contributed by atoms with E-state index in [4.69, 9.17) is 47.5 Å². The van der Waals surface area contributed by atoms with Crippen molar-refractivity contribution < 1.29 is 92.5 Å². The predicted octanol–water partition coefficient (Wildman–Crippen LogP) is 2.59. The molecule has 3 saturated heterocycles. The molecule has 73 heavy (non-hydrogen) atoms. The molecule has 1 unspecified atom stereocenters. The molecule has 3 fully saturated rings. The maximum Gasteiger partial charge on any atom is 0.411 e. The minimum Gasteiger partial charge on any atom is -0.492 e. The van der Waals surface area contributed by atoms with E-state index in [-0.39, 0.29) is 50.5 Å². The summed E-state index contributed by atoms with van der Waals surface area (Å²) >= 11 is 4.31. The van der Waals surface area contributed by atoms with Gasteiger partial charge < -0.3 is 73.3 Å². The summed E-state index contributed by atoms with van der Waals surface area (Å²) in [4.78, 5) is 46.3. The van der Waals surface area contributed by atoms with Crippen molar-refractivity contribution >= 4 is 76.1 Å². The van der Waals surface area contributed by atoms with Crippen molar-refractivity contribution in [2.24, 2.45) is 0 Å². The summed E-state index contributed by atoms with van der Waals surface area (Å²) in [5.74, 6) is 10.8. The Morgan fingerprint density at radius 2 is 1.62 bits per heavy atom. The molecule has 1 aromatic carbocycles. The van der Waals surface area contributed by atoms with Crippen molar-refractivity contribution in [2.45, 2.75) is 137 Å². The summed E-state index contributed by atoms with van der Waals surface area (Å²) in [5.41, 5.74) is 0.941. The molecule has 5 aliphatic rings. The van der Waals surface area contributed by atoms with E-state index in [1.807, 2.05) is 6.26 Å². The molecule has 8 N–H and O–H groups in total. The highest BCUT2D eigenvalue weighted by Crippen LogP contribution is 2.50. The third kappa shape index (κ3) is 13.2. The maximum atomic E-state index is 14.2. The summed E-state index contributed by atoms with van der Waals surface area (Å²) < 4.78 is 52.1. The van der Waals surface area contributed by atoms with Crippen molar-refractivity contribution in [3.63, 3.8) is 0 Å². The number of hydrogen-bond acceptors (Lipinski definition) is 24. The van der Waals surface area contributed by atoms with E-state index in [0.717, 1.165) is 18.9 Å². The Morgan fingerprint density at radius 1 is 0.918 bits per heavy atom. The van der Waals surface area contributed by atoms with Gasteiger partial charge in [0.2, 0.25) is 17.2 Å². The highest BCUT2D eigenvalue weighted by Gasteiger charge is 2.50. The van der Waals surface area contributed by atoms with Crippen LogP contribution in [0.2, 0.25) is 0 Å². The van der Waals surface area contributed by atoms with Crippen molar-refractivity contribution in [1.29, 1.82) is 0 Å². The fourth-order valence-electron chi connectivity index (χ4n) is 8.64. The molecule has 6 rings (SSSR count). The van der Waals surface area contributed by atoms with E-state index in [9.17, 15) is 45.0 Å². The van der Waals surface area contributed by atoms with E-state index >= 15 is 0 Å². The molecule has 16 atom stereocenters. The number of ketones is 1. The fraction of sp³-hybridized carbons (Fsp3) is 0.596. The van der Waals surface area contributed by atoms with E-state index in [1.165, 1.54) is 64.9 Å². The summed E-state index contributed by atoms with van der Waals surface area (Å²) in [6.07, 6.45) is -11.5. The van der Waals surface area contributed by atoms with Gasteiger partial charge in [0.1, 0.15) is 36.6 Å². The number of hydrogen-bond donors (Lipinski definition) is 8. The smallest absolute Gasteiger partial charge is 0.411 e. The molecule has 1 amide bonds.